The second kappa shape index (κ2) is 6.47. The maximum Gasteiger partial charge on any atom is 0.366 e. The Morgan fingerprint density at radius 3 is 2.48 bits per heavy atom. The van der Waals surface area contributed by atoms with Crippen molar-refractivity contribution in [1.82, 2.24) is 10.3 Å². The van der Waals surface area contributed by atoms with Gasteiger partial charge in [0, 0.05) is 18.2 Å². The van der Waals surface area contributed by atoms with Crippen molar-refractivity contribution < 1.29 is 18.7 Å². The van der Waals surface area contributed by atoms with E-state index in [1.165, 1.54) is 18.3 Å². The van der Waals surface area contributed by atoms with Gasteiger partial charge in [-0.1, -0.05) is 33.8 Å². The Morgan fingerprint density at radius 1 is 1.38 bits per heavy atom. The summed E-state index contributed by atoms with van der Waals surface area (Å²) in [6, 6.07) is 4.00. The third-order valence-electron chi connectivity index (χ3n) is 3.41. The Labute approximate surface area is 123 Å². The average Bonchev–Trinajstić information content (AvgIpc) is 2.44. The number of nitrogens with one attached hydrogen (secondary N) is 1. The molecule has 2 N–H and O–H groups in total. The number of nitrogens with zero attached hydrogens (tertiary/aromatic N) is 1. The first-order valence-corrected chi connectivity index (χ1v) is 6.84. The number of aliphatic hydroxyl groups excluding tert-OH is 1. The van der Waals surface area contributed by atoms with Crippen molar-refractivity contribution in [1.29, 1.82) is 0 Å². The molecule has 0 bridgehead atoms. The molecule has 1 amide bonds. The molecule has 0 aromatic carbocycles. The van der Waals surface area contributed by atoms with E-state index in [0.29, 0.717) is 0 Å². The number of carbonyl (C=O) groups excluding carboxylic acids is 1. The Kier molecular flexibility index (Phi) is 5.39. The quantitative estimate of drug-likeness (QED) is 0.847. The first-order valence-electron chi connectivity index (χ1n) is 6.84. The zero-order chi connectivity index (χ0) is 16.3. The van der Waals surface area contributed by atoms with Crippen molar-refractivity contribution in [3.05, 3.63) is 30.1 Å². The van der Waals surface area contributed by atoms with Crippen LogP contribution in [-0.4, -0.2) is 28.6 Å². The highest BCUT2D eigenvalue weighted by Crippen LogP contribution is 2.28. The van der Waals surface area contributed by atoms with Crippen LogP contribution < -0.4 is 5.32 Å². The number of aliphatic hydroxyl groups is 1. The lowest BCUT2D eigenvalue weighted by atomic mass is 9.80. The van der Waals surface area contributed by atoms with Gasteiger partial charge in [-0.3, -0.25) is 9.78 Å². The molecular weight excluding hydrogens is 278 g/mol. The second-order valence-electron chi connectivity index (χ2n) is 6.15. The SMILES string of the molecule is CC(C)C(O)C(C)(C)CNC(=O)C(F)(F)c1ccccn1. The summed E-state index contributed by atoms with van der Waals surface area (Å²) in [7, 11) is 0. The van der Waals surface area contributed by atoms with Crippen molar-refractivity contribution in [2.75, 3.05) is 6.54 Å². The zero-order valence-electron chi connectivity index (χ0n) is 12.7. The van der Waals surface area contributed by atoms with Gasteiger partial charge in [0.15, 0.2) is 0 Å². The maximum atomic E-state index is 13.9. The number of halogens is 2. The minimum atomic E-state index is -3.69. The van der Waals surface area contributed by atoms with Crippen LogP contribution >= 0.6 is 0 Å². The molecule has 4 nitrogen and oxygen atoms in total. The fraction of sp³-hybridized carbons (Fsp3) is 0.600. The number of hydrogen-bond acceptors (Lipinski definition) is 3. The largest absolute Gasteiger partial charge is 0.392 e. The summed E-state index contributed by atoms with van der Waals surface area (Å²) in [6.45, 7) is 7.05. The highest BCUT2D eigenvalue weighted by molar-refractivity contribution is 5.84. The Balaban J connectivity index is 2.74. The van der Waals surface area contributed by atoms with E-state index < -0.39 is 29.0 Å². The summed E-state index contributed by atoms with van der Waals surface area (Å²) < 4.78 is 27.9. The number of aromatic nitrogens is 1. The molecule has 1 aromatic heterocycles. The van der Waals surface area contributed by atoms with E-state index >= 15 is 0 Å². The average molecular weight is 300 g/mol. The molecule has 6 heteroatoms. The molecule has 0 aliphatic heterocycles. The molecule has 1 aromatic rings. The van der Waals surface area contributed by atoms with Crippen LogP contribution in [0.3, 0.4) is 0 Å². The summed E-state index contributed by atoms with van der Waals surface area (Å²) >= 11 is 0. The summed E-state index contributed by atoms with van der Waals surface area (Å²) in [4.78, 5) is 15.2. The van der Waals surface area contributed by atoms with Crippen LogP contribution in [0, 0.1) is 11.3 Å². The molecule has 0 saturated carbocycles. The third kappa shape index (κ3) is 4.20. The van der Waals surface area contributed by atoms with Gasteiger partial charge in [0.25, 0.3) is 5.91 Å². The first kappa shape index (κ1) is 17.5. The smallest absolute Gasteiger partial charge is 0.366 e. The first-order chi connectivity index (χ1) is 9.59. The van der Waals surface area contributed by atoms with Crippen molar-refractivity contribution in [3.8, 4) is 0 Å². The van der Waals surface area contributed by atoms with Crippen molar-refractivity contribution in [2.45, 2.75) is 39.7 Å². The minimum absolute atomic E-state index is 0.0341. The molecule has 21 heavy (non-hydrogen) atoms. The lowest BCUT2D eigenvalue weighted by Gasteiger charge is -2.33. The van der Waals surface area contributed by atoms with E-state index in [0.717, 1.165) is 6.07 Å². The van der Waals surface area contributed by atoms with Gasteiger partial charge in [0.05, 0.1) is 6.10 Å². The lowest BCUT2D eigenvalue weighted by molar-refractivity contribution is -0.148. The van der Waals surface area contributed by atoms with Crippen molar-refractivity contribution in [2.24, 2.45) is 11.3 Å². The van der Waals surface area contributed by atoms with E-state index in [1.54, 1.807) is 13.8 Å². The summed E-state index contributed by atoms with van der Waals surface area (Å²) in [5, 5.41) is 12.2. The summed E-state index contributed by atoms with van der Waals surface area (Å²) in [5.74, 6) is -5.14. The van der Waals surface area contributed by atoms with Crippen molar-refractivity contribution >= 4 is 5.91 Å². The molecule has 118 valence electrons. The monoisotopic (exact) mass is 300 g/mol. The molecule has 0 aliphatic carbocycles. The zero-order valence-corrected chi connectivity index (χ0v) is 12.7. The highest BCUT2D eigenvalue weighted by Gasteiger charge is 2.43. The fourth-order valence-corrected chi connectivity index (χ4v) is 2.09. The van der Waals surface area contributed by atoms with E-state index in [1.807, 2.05) is 13.8 Å². The Bertz CT molecular complexity index is 476. The van der Waals surface area contributed by atoms with Crippen LogP contribution in [-0.2, 0) is 10.7 Å². The number of rotatable bonds is 6. The molecular formula is C15H22F2N2O2. The summed E-state index contributed by atoms with van der Waals surface area (Å²) in [5.41, 5.74) is -1.30. The number of carbonyl (C=O) groups is 1. The van der Waals surface area contributed by atoms with Crippen LogP contribution in [0.1, 0.15) is 33.4 Å². The van der Waals surface area contributed by atoms with Crippen LogP contribution in [0.25, 0.3) is 0 Å². The van der Waals surface area contributed by atoms with Gasteiger partial charge in [0.1, 0.15) is 5.69 Å². The maximum absolute atomic E-state index is 13.9. The molecule has 0 spiro atoms. The van der Waals surface area contributed by atoms with Gasteiger partial charge in [-0.05, 0) is 18.1 Å². The van der Waals surface area contributed by atoms with E-state index in [-0.39, 0.29) is 12.5 Å². The topological polar surface area (TPSA) is 62.2 Å². The molecule has 0 fully saturated rings. The van der Waals surface area contributed by atoms with Crippen molar-refractivity contribution in [3.63, 3.8) is 0 Å². The van der Waals surface area contributed by atoms with Crippen LogP contribution in [0.5, 0.6) is 0 Å². The van der Waals surface area contributed by atoms with E-state index in [4.69, 9.17) is 0 Å². The normalized spacial score (nSPS) is 14.1. The lowest BCUT2D eigenvalue weighted by Crippen LogP contribution is -2.47. The molecule has 1 rings (SSSR count). The van der Waals surface area contributed by atoms with Gasteiger partial charge in [0.2, 0.25) is 0 Å². The second-order valence-corrected chi connectivity index (χ2v) is 6.15. The van der Waals surface area contributed by atoms with Gasteiger partial charge in [-0.2, -0.15) is 8.78 Å². The van der Waals surface area contributed by atoms with Gasteiger partial charge >= 0.3 is 5.92 Å². The Morgan fingerprint density at radius 2 is 2.00 bits per heavy atom. The molecule has 1 heterocycles. The Hall–Kier alpha value is -1.56. The van der Waals surface area contributed by atoms with E-state index in [9.17, 15) is 18.7 Å². The molecule has 0 saturated heterocycles. The fourth-order valence-electron chi connectivity index (χ4n) is 2.09. The third-order valence-corrected chi connectivity index (χ3v) is 3.41. The van der Waals surface area contributed by atoms with Crippen LogP contribution in [0.15, 0.2) is 24.4 Å². The molecule has 0 aliphatic rings. The molecule has 0 radical (unpaired) electrons. The summed E-state index contributed by atoms with van der Waals surface area (Å²) in [6.07, 6.45) is 0.504. The van der Waals surface area contributed by atoms with Gasteiger partial charge < -0.3 is 10.4 Å². The standard InChI is InChI=1S/C15H22F2N2O2/c1-10(2)12(20)14(3,4)9-19-13(21)15(16,17)11-7-5-6-8-18-11/h5-8,10,12,20H,9H2,1-4H3,(H,19,21). The van der Waals surface area contributed by atoms with Gasteiger partial charge in [-0.25, -0.2) is 0 Å². The minimum Gasteiger partial charge on any atom is -0.392 e. The number of amides is 1. The van der Waals surface area contributed by atoms with Crippen LogP contribution in [0.2, 0.25) is 0 Å². The van der Waals surface area contributed by atoms with Gasteiger partial charge in [-0.15, -0.1) is 0 Å². The number of alkyl halides is 2. The highest BCUT2D eigenvalue weighted by atomic mass is 19.3. The van der Waals surface area contributed by atoms with Crippen LogP contribution in [0.4, 0.5) is 8.78 Å². The number of hydrogen-bond donors (Lipinski definition) is 2. The molecule has 1 atom stereocenters. The predicted octanol–water partition coefficient (Wildman–Crippen LogP) is 2.33. The predicted molar refractivity (Wildman–Crippen MR) is 75.8 cm³/mol. The van der Waals surface area contributed by atoms with E-state index in [2.05, 4.69) is 10.3 Å². The molecule has 1 unspecified atom stereocenters. The number of pyridine rings is 1.